The molecule has 12 nitrogen and oxygen atoms in total. The molecule has 4 N–H and O–H groups in total. The number of piperidine rings is 2. The van der Waals surface area contributed by atoms with Crippen molar-refractivity contribution < 1.29 is 19.2 Å². The third-order valence-corrected chi connectivity index (χ3v) is 10.1. The van der Waals surface area contributed by atoms with E-state index in [1.807, 2.05) is 42.6 Å². The van der Waals surface area contributed by atoms with Crippen LogP contribution >= 0.6 is 0 Å². The van der Waals surface area contributed by atoms with Gasteiger partial charge in [0.2, 0.25) is 17.7 Å². The third kappa shape index (κ3) is 6.70. The van der Waals surface area contributed by atoms with Crippen LogP contribution in [0.25, 0.3) is 16.6 Å². The molecule has 4 aliphatic rings. The molecule has 0 bridgehead atoms. The maximum Gasteiger partial charge on any atom is 0.255 e. The van der Waals surface area contributed by atoms with Crippen LogP contribution in [0.2, 0.25) is 0 Å². The number of aromatic nitrogens is 2. The van der Waals surface area contributed by atoms with E-state index in [0.29, 0.717) is 49.1 Å². The van der Waals surface area contributed by atoms with E-state index in [-0.39, 0.29) is 30.2 Å². The van der Waals surface area contributed by atoms with Crippen LogP contribution in [0.4, 0.5) is 0 Å². The summed E-state index contributed by atoms with van der Waals surface area (Å²) in [6.45, 7) is 2.69. The maximum atomic E-state index is 12.9. The molecule has 1 aromatic heterocycles. The molecule has 0 radical (unpaired) electrons. The number of fused-ring (bicyclic) bond motifs is 2. The average molecular weight is 649 g/mol. The molecular weight excluding hydrogens is 608 g/mol. The number of aliphatic imine (C=N–C) groups is 1. The third-order valence-electron chi connectivity index (χ3n) is 10.1. The Balaban J connectivity index is 0.824. The van der Waals surface area contributed by atoms with E-state index >= 15 is 0 Å². The predicted octanol–water partition coefficient (Wildman–Crippen LogP) is 2.71. The van der Waals surface area contributed by atoms with Crippen molar-refractivity contribution in [2.45, 2.75) is 76.2 Å². The van der Waals surface area contributed by atoms with E-state index < -0.39 is 11.9 Å². The first kappa shape index (κ1) is 31.6. The Morgan fingerprint density at radius 1 is 1.06 bits per heavy atom. The van der Waals surface area contributed by atoms with Crippen molar-refractivity contribution in [3.63, 3.8) is 0 Å². The molecule has 12 heteroatoms. The van der Waals surface area contributed by atoms with Gasteiger partial charge in [-0.1, -0.05) is 24.3 Å². The smallest absolute Gasteiger partial charge is 0.255 e. The van der Waals surface area contributed by atoms with Gasteiger partial charge in [-0.05, 0) is 67.3 Å². The number of nitrogens with one attached hydrogen (secondary N) is 2. The number of allylic oxidation sites excluding steroid dienone is 1. The van der Waals surface area contributed by atoms with Gasteiger partial charge >= 0.3 is 0 Å². The van der Waals surface area contributed by atoms with Crippen molar-refractivity contribution in [1.29, 1.82) is 0 Å². The number of hydrogen-bond donors (Lipinski definition) is 3. The Kier molecular flexibility index (Phi) is 8.98. The molecule has 1 atom stereocenters. The summed E-state index contributed by atoms with van der Waals surface area (Å²) in [5, 5.41) is 5.37. The van der Waals surface area contributed by atoms with Crippen LogP contribution < -0.4 is 16.4 Å². The van der Waals surface area contributed by atoms with Crippen LogP contribution in [-0.2, 0) is 27.5 Å². The predicted molar refractivity (Wildman–Crippen MR) is 180 cm³/mol. The summed E-state index contributed by atoms with van der Waals surface area (Å²) in [5.41, 5.74) is 11.4. The summed E-state index contributed by atoms with van der Waals surface area (Å²) in [4.78, 5) is 67.6. The first-order valence-electron chi connectivity index (χ1n) is 16.8. The largest absolute Gasteiger partial charge is 0.404 e. The fourth-order valence-corrected chi connectivity index (χ4v) is 7.31. The van der Waals surface area contributed by atoms with Gasteiger partial charge in [0.05, 0.1) is 29.0 Å². The molecule has 2 saturated heterocycles. The van der Waals surface area contributed by atoms with E-state index in [0.717, 1.165) is 66.5 Å². The number of hydrogen-bond acceptors (Lipinski definition) is 9. The fourth-order valence-electron chi connectivity index (χ4n) is 7.31. The number of imide groups is 1. The van der Waals surface area contributed by atoms with Crippen LogP contribution in [0, 0.1) is 5.92 Å². The topological polar surface area (TPSA) is 163 Å². The standard InChI is InChI=1S/C36H40N8O4/c37-17-25(31-20-39-29-3-1-2-4-30(29)41-31)19-38-26-9-11-43(12-10-26)27-14-23(15-27)16-34(46)40-18-22-5-6-28-24(13-22)21-44(36(28)48)32-7-8-33(45)42-35(32)47/h1-6,13,17,19-20,23,26-27,32H,7-12,14-16,18,21,37H2,(H,40,46)(H,42,45,47). The number of nitrogens with two attached hydrogens (primary N) is 1. The molecule has 7 rings (SSSR count). The summed E-state index contributed by atoms with van der Waals surface area (Å²) in [6.07, 6.45) is 10.2. The first-order chi connectivity index (χ1) is 23.3. The van der Waals surface area contributed by atoms with Crippen molar-refractivity contribution in [2.75, 3.05) is 13.1 Å². The number of nitrogens with zero attached hydrogens (tertiary/aromatic N) is 5. The van der Waals surface area contributed by atoms with Crippen LogP contribution in [0.3, 0.4) is 0 Å². The number of benzene rings is 2. The molecule has 248 valence electrons. The Bertz CT molecular complexity index is 1810. The highest BCUT2D eigenvalue weighted by Gasteiger charge is 2.39. The fraction of sp³-hybridized carbons (Fsp3) is 0.417. The lowest BCUT2D eigenvalue weighted by Gasteiger charge is -2.45. The van der Waals surface area contributed by atoms with Gasteiger partial charge in [0.25, 0.3) is 5.91 Å². The molecule has 3 fully saturated rings. The molecule has 3 aromatic rings. The number of likely N-dealkylation sites (tertiary alicyclic amines) is 1. The molecule has 48 heavy (non-hydrogen) atoms. The summed E-state index contributed by atoms with van der Waals surface area (Å²) in [7, 11) is 0. The second-order valence-electron chi connectivity index (χ2n) is 13.3. The summed E-state index contributed by atoms with van der Waals surface area (Å²) >= 11 is 0. The zero-order valence-corrected chi connectivity index (χ0v) is 26.8. The second kappa shape index (κ2) is 13.6. The highest BCUT2D eigenvalue weighted by molar-refractivity contribution is 6.09. The average Bonchev–Trinajstić information content (AvgIpc) is 3.40. The lowest BCUT2D eigenvalue weighted by Crippen LogP contribution is -2.52. The Morgan fingerprint density at radius 3 is 2.62 bits per heavy atom. The molecule has 1 aliphatic carbocycles. The minimum atomic E-state index is -0.638. The monoisotopic (exact) mass is 648 g/mol. The highest BCUT2D eigenvalue weighted by atomic mass is 16.2. The Morgan fingerprint density at radius 2 is 1.85 bits per heavy atom. The molecule has 4 heterocycles. The quantitative estimate of drug-likeness (QED) is 0.236. The number of amides is 4. The number of rotatable bonds is 9. The van der Waals surface area contributed by atoms with Gasteiger partial charge < -0.3 is 20.9 Å². The van der Waals surface area contributed by atoms with Crippen molar-refractivity contribution >= 4 is 46.4 Å². The van der Waals surface area contributed by atoms with Gasteiger partial charge in [0, 0.05) is 68.6 Å². The van der Waals surface area contributed by atoms with Gasteiger partial charge in [-0.15, -0.1) is 0 Å². The Labute approximate surface area is 278 Å². The minimum Gasteiger partial charge on any atom is -0.404 e. The zero-order valence-electron chi connectivity index (χ0n) is 26.8. The second-order valence-corrected chi connectivity index (χ2v) is 13.3. The van der Waals surface area contributed by atoms with Crippen LogP contribution in [0.5, 0.6) is 0 Å². The van der Waals surface area contributed by atoms with Crippen molar-refractivity contribution in [3.8, 4) is 0 Å². The SMILES string of the molecule is NC=C(C=NC1CCN(C2CC(CC(=O)NCc3ccc4c(c3)CN(C3CCC(=O)NC3=O)C4=O)C2)CC1)c1cnc2ccccc2n1. The first-order valence-corrected chi connectivity index (χ1v) is 16.8. The van der Waals surface area contributed by atoms with Gasteiger partial charge in [0.1, 0.15) is 6.04 Å². The summed E-state index contributed by atoms with van der Waals surface area (Å²) < 4.78 is 0. The van der Waals surface area contributed by atoms with Crippen LogP contribution in [0.15, 0.2) is 59.9 Å². The number of para-hydroxylation sites is 2. The molecular formula is C36H40N8O4. The van der Waals surface area contributed by atoms with E-state index in [2.05, 4.69) is 25.5 Å². The minimum absolute atomic E-state index is 0.0353. The van der Waals surface area contributed by atoms with Gasteiger partial charge in [-0.25, -0.2) is 4.98 Å². The van der Waals surface area contributed by atoms with Crippen LogP contribution in [-0.4, -0.2) is 80.8 Å². The van der Waals surface area contributed by atoms with Crippen molar-refractivity contribution in [2.24, 2.45) is 16.6 Å². The van der Waals surface area contributed by atoms with Gasteiger partial charge in [-0.3, -0.25) is 34.5 Å². The lowest BCUT2D eigenvalue weighted by molar-refractivity contribution is -0.137. The summed E-state index contributed by atoms with van der Waals surface area (Å²) in [6, 6.07) is 13.4. The summed E-state index contributed by atoms with van der Waals surface area (Å²) in [5.74, 6) is -0.506. The van der Waals surface area contributed by atoms with E-state index in [1.54, 1.807) is 12.3 Å². The number of carbonyl (C=O) groups excluding carboxylic acids is 4. The molecule has 2 aromatic carbocycles. The number of carbonyl (C=O) groups is 4. The van der Waals surface area contributed by atoms with Gasteiger partial charge in [-0.2, -0.15) is 0 Å². The maximum absolute atomic E-state index is 12.9. The van der Waals surface area contributed by atoms with E-state index in [4.69, 9.17) is 10.7 Å². The van der Waals surface area contributed by atoms with Crippen molar-refractivity contribution in [1.82, 2.24) is 30.4 Å². The van der Waals surface area contributed by atoms with Crippen molar-refractivity contribution in [3.05, 3.63) is 77.2 Å². The highest BCUT2D eigenvalue weighted by Crippen LogP contribution is 2.36. The molecule has 1 unspecified atom stereocenters. The zero-order chi connectivity index (χ0) is 33.2. The normalized spacial score (nSPS) is 23.8. The lowest BCUT2D eigenvalue weighted by atomic mass is 9.76. The van der Waals surface area contributed by atoms with E-state index in [1.165, 1.54) is 11.1 Å². The molecule has 4 amide bonds. The Hall–Kier alpha value is -4.97. The molecule has 3 aliphatic heterocycles. The van der Waals surface area contributed by atoms with Crippen LogP contribution in [0.1, 0.15) is 72.1 Å². The van der Waals surface area contributed by atoms with Gasteiger partial charge in [0.15, 0.2) is 0 Å². The molecule has 1 saturated carbocycles. The molecule has 0 spiro atoms. The van der Waals surface area contributed by atoms with E-state index in [9.17, 15) is 19.2 Å².